The van der Waals surface area contributed by atoms with E-state index in [4.69, 9.17) is 5.73 Å². The summed E-state index contributed by atoms with van der Waals surface area (Å²) in [6.07, 6.45) is 1.82. The van der Waals surface area contributed by atoms with Crippen LogP contribution in [0.15, 0.2) is 29.2 Å². The van der Waals surface area contributed by atoms with Crippen molar-refractivity contribution in [1.29, 1.82) is 0 Å². The second-order valence-electron chi connectivity index (χ2n) is 6.51. The minimum absolute atomic E-state index is 0.0404. The predicted molar refractivity (Wildman–Crippen MR) is 85.5 cm³/mol. The van der Waals surface area contributed by atoms with Gasteiger partial charge < -0.3 is 5.73 Å². The van der Waals surface area contributed by atoms with E-state index in [-0.39, 0.29) is 12.0 Å². The number of nitrogens with zero attached hydrogens (tertiary/aromatic N) is 1. The van der Waals surface area contributed by atoms with Crippen molar-refractivity contribution < 1.29 is 8.42 Å². The van der Waals surface area contributed by atoms with Gasteiger partial charge in [-0.05, 0) is 49.3 Å². The van der Waals surface area contributed by atoms with Gasteiger partial charge in [0.05, 0.1) is 4.90 Å². The first-order valence-electron chi connectivity index (χ1n) is 7.65. The molecule has 118 valence electrons. The Labute approximate surface area is 128 Å². The third kappa shape index (κ3) is 3.84. The summed E-state index contributed by atoms with van der Waals surface area (Å²) < 4.78 is 26.8. The maximum Gasteiger partial charge on any atom is 0.243 e. The molecule has 1 saturated heterocycles. The zero-order valence-electron chi connectivity index (χ0n) is 13.1. The summed E-state index contributed by atoms with van der Waals surface area (Å²) in [4.78, 5) is 0.389. The van der Waals surface area contributed by atoms with E-state index in [9.17, 15) is 8.42 Å². The Bertz CT molecular complexity index is 564. The van der Waals surface area contributed by atoms with E-state index in [1.54, 1.807) is 16.4 Å². The van der Waals surface area contributed by atoms with Crippen molar-refractivity contribution in [3.05, 3.63) is 29.8 Å². The van der Waals surface area contributed by atoms with Crippen LogP contribution in [0.2, 0.25) is 0 Å². The van der Waals surface area contributed by atoms with E-state index in [1.807, 2.05) is 19.1 Å². The van der Waals surface area contributed by atoms with E-state index < -0.39 is 10.0 Å². The third-order valence-electron chi connectivity index (χ3n) is 4.14. The van der Waals surface area contributed by atoms with Crippen LogP contribution in [0.1, 0.15) is 32.8 Å². The van der Waals surface area contributed by atoms with Gasteiger partial charge in [-0.2, -0.15) is 4.31 Å². The highest BCUT2D eigenvalue weighted by Crippen LogP contribution is 2.26. The Kier molecular flexibility index (Phi) is 5.07. The average molecular weight is 310 g/mol. The molecule has 0 radical (unpaired) electrons. The van der Waals surface area contributed by atoms with Gasteiger partial charge in [-0.3, -0.25) is 0 Å². The van der Waals surface area contributed by atoms with Crippen molar-refractivity contribution in [3.8, 4) is 0 Å². The fourth-order valence-electron chi connectivity index (χ4n) is 2.82. The minimum Gasteiger partial charge on any atom is -0.328 e. The van der Waals surface area contributed by atoms with Gasteiger partial charge in [0.15, 0.2) is 0 Å². The van der Waals surface area contributed by atoms with Crippen molar-refractivity contribution in [3.63, 3.8) is 0 Å². The Hall–Kier alpha value is -0.910. The summed E-state index contributed by atoms with van der Waals surface area (Å²) in [5.74, 6) is 0.831. The Balaban J connectivity index is 2.13. The molecule has 4 nitrogen and oxygen atoms in total. The highest BCUT2D eigenvalue weighted by molar-refractivity contribution is 7.89. The summed E-state index contributed by atoms with van der Waals surface area (Å²) in [7, 11) is -3.37. The zero-order valence-corrected chi connectivity index (χ0v) is 13.9. The molecule has 1 aromatic carbocycles. The van der Waals surface area contributed by atoms with E-state index in [0.717, 1.165) is 12.8 Å². The molecular weight excluding hydrogens is 284 g/mol. The van der Waals surface area contributed by atoms with Crippen molar-refractivity contribution in [1.82, 2.24) is 4.31 Å². The molecule has 2 unspecified atom stereocenters. The molecule has 5 heteroatoms. The third-order valence-corrected chi connectivity index (χ3v) is 6.02. The van der Waals surface area contributed by atoms with Crippen LogP contribution in [0.25, 0.3) is 0 Å². The number of benzene rings is 1. The summed E-state index contributed by atoms with van der Waals surface area (Å²) in [6.45, 7) is 7.36. The lowest BCUT2D eigenvalue weighted by atomic mass is 10.0. The van der Waals surface area contributed by atoms with E-state index >= 15 is 0 Å². The molecule has 1 heterocycles. The molecule has 0 saturated carbocycles. The molecule has 0 amide bonds. The number of rotatable bonds is 5. The quantitative estimate of drug-likeness (QED) is 0.907. The maximum atomic E-state index is 12.6. The van der Waals surface area contributed by atoms with Crippen LogP contribution in [0, 0.1) is 11.8 Å². The molecular formula is C16H26N2O2S. The van der Waals surface area contributed by atoms with E-state index in [2.05, 4.69) is 13.8 Å². The van der Waals surface area contributed by atoms with Crippen molar-refractivity contribution in [2.45, 2.75) is 44.6 Å². The lowest BCUT2D eigenvalue weighted by Gasteiger charge is -2.18. The summed E-state index contributed by atoms with van der Waals surface area (Å²) in [5, 5.41) is 0. The van der Waals surface area contributed by atoms with Gasteiger partial charge in [0.2, 0.25) is 10.0 Å². The van der Waals surface area contributed by atoms with Gasteiger partial charge in [0.25, 0.3) is 0 Å². The molecule has 1 aliphatic rings. The lowest BCUT2D eigenvalue weighted by Crippen LogP contribution is -2.33. The number of hydrogen-bond donors (Lipinski definition) is 1. The highest BCUT2D eigenvalue weighted by atomic mass is 32.2. The molecule has 1 aliphatic heterocycles. The van der Waals surface area contributed by atoms with Crippen molar-refractivity contribution >= 4 is 10.0 Å². The largest absolute Gasteiger partial charge is 0.328 e. The smallest absolute Gasteiger partial charge is 0.243 e. The normalized spacial score (nSPS) is 21.9. The fourth-order valence-corrected chi connectivity index (χ4v) is 4.33. The maximum absolute atomic E-state index is 12.6. The van der Waals surface area contributed by atoms with Gasteiger partial charge in [0.1, 0.15) is 0 Å². The minimum atomic E-state index is -3.37. The number of sulfonamides is 1. The Morgan fingerprint density at radius 1 is 1.24 bits per heavy atom. The number of nitrogens with two attached hydrogens (primary N) is 1. The predicted octanol–water partition coefficient (Wildman–Crippen LogP) is 2.24. The van der Waals surface area contributed by atoms with Gasteiger partial charge in [0, 0.05) is 19.1 Å². The first kappa shape index (κ1) is 16.5. The van der Waals surface area contributed by atoms with E-state index in [0.29, 0.717) is 23.9 Å². The monoisotopic (exact) mass is 310 g/mol. The molecule has 1 fully saturated rings. The van der Waals surface area contributed by atoms with E-state index in [1.165, 1.54) is 5.56 Å². The summed E-state index contributed by atoms with van der Waals surface area (Å²) in [6, 6.07) is 7.34. The highest BCUT2D eigenvalue weighted by Gasteiger charge is 2.33. The topological polar surface area (TPSA) is 63.4 Å². The average Bonchev–Trinajstić information content (AvgIpc) is 2.89. The standard InChI is InChI=1S/C16H26N2O2S/c1-12(2)10-14-4-6-16(7-5-14)21(19,20)18-9-8-15(11-18)13(3)17/h4-7,12-13,15H,8-11,17H2,1-3H3. The summed E-state index contributed by atoms with van der Waals surface area (Å²) >= 11 is 0. The van der Waals surface area contributed by atoms with Crippen LogP contribution < -0.4 is 5.73 Å². The number of hydrogen-bond acceptors (Lipinski definition) is 3. The molecule has 2 rings (SSSR count). The zero-order chi connectivity index (χ0) is 15.6. The molecule has 2 N–H and O–H groups in total. The molecule has 1 aromatic rings. The lowest BCUT2D eigenvalue weighted by molar-refractivity contribution is 0.429. The molecule has 2 atom stereocenters. The SMILES string of the molecule is CC(C)Cc1ccc(S(=O)(=O)N2CCC(C(C)N)C2)cc1. The molecule has 0 spiro atoms. The van der Waals surface area contributed by atoms with Crippen molar-refractivity contribution in [2.24, 2.45) is 17.6 Å². The molecule has 0 bridgehead atoms. The molecule has 0 aliphatic carbocycles. The van der Waals surface area contributed by atoms with Crippen LogP contribution in [-0.2, 0) is 16.4 Å². The second-order valence-corrected chi connectivity index (χ2v) is 8.45. The van der Waals surface area contributed by atoms with Gasteiger partial charge in [-0.25, -0.2) is 8.42 Å². The first-order valence-corrected chi connectivity index (χ1v) is 9.09. The second kappa shape index (κ2) is 6.46. The Morgan fingerprint density at radius 3 is 2.33 bits per heavy atom. The van der Waals surface area contributed by atoms with Gasteiger partial charge in [-0.15, -0.1) is 0 Å². The molecule has 0 aromatic heterocycles. The van der Waals surface area contributed by atoms with Gasteiger partial charge >= 0.3 is 0 Å². The molecule has 21 heavy (non-hydrogen) atoms. The van der Waals surface area contributed by atoms with Crippen molar-refractivity contribution in [2.75, 3.05) is 13.1 Å². The first-order chi connectivity index (χ1) is 9.80. The van der Waals surface area contributed by atoms with Crippen LogP contribution >= 0.6 is 0 Å². The van der Waals surface area contributed by atoms with Crippen LogP contribution in [0.4, 0.5) is 0 Å². The summed E-state index contributed by atoms with van der Waals surface area (Å²) in [5.41, 5.74) is 7.07. The Morgan fingerprint density at radius 2 is 1.86 bits per heavy atom. The van der Waals surface area contributed by atoms with Crippen LogP contribution in [0.5, 0.6) is 0 Å². The fraction of sp³-hybridized carbons (Fsp3) is 0.625. The van der Waals surface area contributed by atoms with Crippen LogP contribution in [-0.4, -0.2) is 31.9 Å². The van der Waals surface area contributed by atoms with Gasteiger partial charge in [-0.1, -0.05) is 26.0 Å². The van der Waals surface area contributed by atoms with Crippen LogP contribution in [0.3, 0.4) is 0 Å².